The van der Waals surface area contributed by atoms with Gasteiger partial charge in [-0.05, 0) is 36.4 Å². The van der Waals surface area contributed by atoms with Crippen molar-refractivity contribution in [3.05, 3.63) is 52.7 Å². The van der Waals surface area contributed by atoms with Crippen molar-refractivity contribution in [2.45, 2.75) is 31.2 Å². The van der Waals surface area contributed by atoms with Gasteiger partial charge in [-0.15, -0.1) is 11.3 Å². The van der Waals surface area contributed by atoms with Gasteiger partial charge in [0.15, 0.2) is 0 Å². The number of thiophene rings is 1. The molecule has 2 saturated heterocycles. The number of ether oxygens (including phenoxy) is 1. The first-order valence-electron chi connectivity index (χ1n) is 9.73. The zero-order chi connectivity index (χ0) is 22.5. The number of carbonyl (C=O) groups excluding carboxylic acids is 1. The monoisotopic (exact) mass is 456 g/mol. The summed E-state index contributed by atoms with van der Waals surface area (Å²) in [6, 6.07) is 14.3. The maximum atomic E-state index is 12.3. The van der Waals surface area contributed by atoms with E-state index in [1.54, 1.807) is 0 Å². The number of aliphatic carboxylic acids is 1. The van der Waals surface area contributed by atoms with Crippen LogP contribution in [0, 0.1) is 0 Å². The third kappa shape index (κ3) is 6.28. The number of amides is 1. The van der Waals surface area contributed by atoms with Gasteiger partial charge < -0.3 is 14.7 Å². The number of halogens is 3. The molecule has 0 unspecified atom stereocenters. The van der Waals surface area contributed by atoms with Crippen LogP contribution in [-0.2, 0) is 20.9 Å². The number of hydrogen-bond acceptors (Lipinski definition) is 5. The molecule has 1 N–H and O–H groups in total. The first-order valence-corrected chi connectivity index (χ1v) is 10.6. The molecule has 0 bridgehead atoms. The van der Waals surface area contributed by atoms with Crippen molar-refractivity contribution >= 4 is 28.9 Å². The van der Waals surface area contributed by atoms with Crippen LogP contribution >= 0.6 is 11.3 Å². The first-order chi connectivity index (χ1) is 14.7. The van der Waals surface area contributed by atoms with Crippen molar-refractivity contribution < 1.29 is 32.6 Å². The Kier molecular flexibility index (Phi) is 7.34. The number of nitrogens with zero attached hydrogens (tertiary/aromatic N) is 2. The Hall–Kier alpha value is -2.43. The molecule has 0 radical (unpaired) electrons. The highest BCUT2D eigenvalue weighted by Crippen LogP contribution is 2.33. The van der Waals surface area contributed by atoms with Crippen molar-refractivity contribution in [1.82, 2.24) is 4.90 Å². The molecule has 168 valence electrons. The molecule has 6 nitrogen and oxygen atoms in total. The minimum absolute atomic E-state index is 0.0628. The van der Waals surface area contributed by atoms with E-state index in [1.807, 2.05) is 46.6 Å². The Bertz CT molecular complexity index is 867. The fourth-order valence-corrected chi connectivity index (χ4v) is 4.35. The van der Waals surface area contributed by atoms with Crippen LogP contribution in [-0.4, -0.2) is 59.9 Å². The molecule has 10 heteroatoms. The number of carboxylic acids is 1. The molecule has 2 aromatic rings. The van der Waals surface area contributed by atoms with Crippen LogP contribution in [0.2, 0.25) is 0 Å². The van der Waals surface area contributed by atoms with E-state index in [0.29, 0.717) is 6.54 Å². The molecule has 3 heterocycles. The summed E-state index contributed by atoms with van der Waals surface area (Å²) in [5.74, 6) is -2.69. The second-order valence-corrected chi connectivity index (χ2v) is 8.48. The number of carboxylic acid groups (broad SMARTS) is 1. The molecular formula is C21H23F3N2O4S. The highest BCUT2D eigenvalue weighted by molar-refractivity contribution is 7.09. The van der Waals surface area contributed by atoms with Gasteiger partial charge in [0, 0.05) is 30.2 Å². The van der Waals surface area contributed by atoms with Crippen molar-refractivity contribution in [3.63, 3.8) is 0 Å². The lowest BCUT2D eigenvalue weighted by Crippen LogP contribution is -2.58. The standard InChI is InChI=1S/C19H22N2O2S.C2HF3O2/c22-18-14-23-19(15-21(18)16-5-2-1-3-6-16)8-10-20(11-9-19)13-17-7-4-12-24-17;3-2(4,5)1(6)7/h1-7,12H,8-11,13-15H2;(H,6,7). The van der Waals surface area contributed by atoms with Gasteiger partial charge in [0.05, 0.1) is 12.1 Å². The minimum atomic E-state index is -5.08. The molecule has 2 fully saturated rings. The highest BCUT2D eigenvalue weighted by atomic mass is 32.1. The summed E-state index contributed by atoms with van der Waals surface area (Å²) >= 11 is 1.82. The number of anilines is 1. The fraction of sp³-hybridized carbons (Fsp3) is 0.429. The number of morpholine rings is 1. The molecule has 2 aliphatic rings. The second-order valence-electron chi connectivity index (χ2n) is 7.45. The summed E-state index contributed by atoms with van der Waals surface area (Å²) in [6.45, 7) is 3.93. The van der Waals surface area contributed by atoms with Gasteiger partial charge in [0.2, 0.25) is 0 Å². The lowest BCUT2D eigenvalue weighted by atomic mass is 9.89. The molecule has 1 aromatic heterocycles. The van der Waals surface area contributed by atoms with Crippen molar-refractivity contribution in [1.29, 1.82) is 0 Å². The molecule has 2 aliphatic heterocycles. The van der Waals surface area contributed by atoms with Crippen molar-refractivity contribution in [2.75, 3.05) is 31.1 Å². The molecule has 31 heavy (non-hydrogen) atoms. The van der Waals surface area contributed by atoms with Crippen LogP contribution in [0.5, 0.6) is 0 Å². The minimum Gasteiger partial charge on any atom is -0.475 e. The summed E-state index contributed by atoms with van der Waals surface area (Å²) in [5, 5.41) is 9.26. The fourth-order valence-electron chi connectivity index (χ4n) is 3.60. The number of benzene rings is 1. The lowest BCUT2D eigenvalue weighted by molar-refractivity contribution is -0.192. The largest absolute Gasteiger partial charge is 0.490 e. The van der Waals surface area contributed by atoms with E-state index in [0.717, 1.165) is 38.2 Å². The Labute approximate surface area is 181 Å². The molecular weight excluding hydrogens is 433 g/mol. The zero-order valence-electron chi connectivity index (χ0n) is 16.7. The Balaban J connectivity index is 0.000000339. The Morgan fingerprint density at radius 1 is 1.13 bits per heavy atom. The predicted octanol–water partition coefficient (Wildman–Crippen LogP) is 3.78. The number of carbonyl (C=O) groups is 2. The second kappa shape index (κ2) is 9.80. The van der Waals surface area contributed by atoms with E-state index >= 15 is 0 Å². The molecule has 4 rings (SSSR count). The topological polar surface area (TPSA) is 70.1 Å². The summed E-state index contributed by atoms with van der Waals surface area (Å²) in [4.78, 5) is 27.0. The number of para-hydroxylation sites is 1. The van der Waals surface area contributed by atoms with Gasteiger partial charge in [0.1, 0.15) is 6.61 Å². The predicted molar refractivity (Wildman–Crippen MR) is 110 cm³/mol. The van der Waals surface area contributed by atoms with Gasteiger partial charge in [-0.3, -0.25) is 9.69 Å². The van der Waals surface area contributed by atoms with E-state index in [-0.39, 0.29) is 18.1 Å². The van der Waals surface area contributed by atoms with E-state index < -0.39 is 12.1 Å². The average Bonchev–Trinajstić information content (AvgIpc) is 3.25. The number of alkyl halides is 3. The Morgan fingerprint density at radius 2 is 1.77 bits per heavy atom. The van der Waals surface area contributed by atoms with E-state index in [4.69, 9.17) is 14.6 Å². The maximum Gasteiger partial charge on any atom is 0.490 e. The molecule has 1 spiro atoms. The summed E-state index contributed by atoms with van der Waals surface area (Å²) < 4.78 is 37.8. The van der Waals surface area contributed by atoms with E-state index in [2.05, 4.69) is 22.4 Å². The maximum absolute atomic E-state index is 12.3. The van der Waals surface area contributed by atoms with Crippen LogP contribution in [0.15, 0.2) is 47.8 Å². The number of hydrogen-bond donors (Lipinski definition) is 1. The summed E-state index contributed by atoms with van der Waals surface area (Å²) in [5.41, 5.74) is 0.793. The Morgan fingerprint density at radius 3 is 2.32 bits per heavy atom. The molecule has 0 atom stereocenters. The lowest BCUT2D eigenvalue weighted by Gasteiger charge is -2.47. The van der Waals surface area contributed by atoms with Crippen molar-refractivity contribution in [2.24, 2.45) is 0 Å². The third-order valence-corrected chi connectivity index (χ3v) is 6.15. The number of likely N-dealkylation sites (tertiary alicyclic amines) is 1. The van der Waals surface area contributed by atoms with Gasteiger partial charge in [-0.1, -0.05) is 24.3 Å². The quantitative estimate of drug-likeness (QED) is 0.761. The van der Waals surface area contributed by atoms with Crippen LogP contribution in [0.25, 0.3) is 0 Å². The average molecular weight is 456 g/mol. The number of rotatable bonds is 3. The summed E-state index contributed by atoms with van der Waals surface area (Å²) in [6.07, 6.45) is -3.12. The van der Waals surface area contributed by atoms with Crippen LogP contribution < -0.4 is 4.90 Å². The normalized spacial score (nSPS) is 19.1. The SMILES string of the molecule is O=C(O)C(F)(F)F.O=C1COC2(CCN(Cc3cccs3)CC2)CN1c1ccccc1. The van der Waals surface area contributed by atoms with Crippen molar-refractivity contribution in [3.8, 4) is 0 Å². The van der Waals surface area contributed by atoms with Gasteiger partial charge in [-0.2, -0.15) is 13.2 Å². The molecule has 0 saturated carbocycles. The zero-order valence-corrected chi connectivity index (χ0v) is 17.5. The van der Waals surface area contributed by atoms with E-state index in [9.17, 15) is 18.0 Å². The summed E-state index contributed by atoms with van der Waals surface area (Å²) in [7, 11) is 0. The van der Waals surface area contributed by atoms with Crippen LogP contribution in [0.4, 0.5) is 18.9 Å². The number of piperidine rings is 1. The van der Waals surface area contributed by atoms with Gasteiger partial charge in [-0.25, -0.2) is 4.79 Å². The highest BCUT2D eigenvalue weighted by Gasteiger charge is 2.42. The van der Waals surface area contributed by atoms with Crippen LogP contribution in [0.1, 0.15) is 17.7 Å². The van der Waals surface area contributed by atoms with Crippen LogP contribution in [0.3, 0.4) is 0 Å². The molecule has 0 aliphatic carbocycles. The van der Waals surface area contributed by atoms with Gasteiger partial charge in [0.25, 0.3) is 5.91 Å². The smallest absolute Gasteiger partial charge is 0.475 e. The van der Waals surface area contributed by atoms with E-state index in [1.165, 1.54) is 4.88 Å². The first kappa shape index (κ1) is 23.2. The van der Waals surface area contributed by atoms with Gasteiger partial charge >= 0.3 is 12.1 Å². The molecule has 1 amide bonds. The molecule has 1 aromatic carbocycles. The third-order valence-electron chi connectivity index (χ3n) is 5.29.